The van der Waals surface area contributed by atoms with Crippen LogP contribution in [0.5, 0.6) is 0 Å². The molecule has 0 amide bonds. The van der Waals surface area contributed by atoms with Gasteiger partial charge in [-0.3, -0.25) is 20.1 Å². The lowest BCUT2D eigenvalue weighted by Crippen LogP contribution is -2.11. The summed E-state index contributed by atoms with van der Waals surface area (Å²) in [5, 5.41) is 14.1. The van der Waals surface area contributed by atoms with Crippen LogP contribution in [0.4, 0.5) is 11.5 Å². The van der Waals surface area contributed by atoms with Crippen molar-refractivity contribution in [2.45, 2.75) is 19.9 Å². The third-order valence-corrected chi connectivity index (χ3v) is 2.69. The molecule has 2 aromatic rings. The van der Waals surface area contributed by atoms with Gasteiger partial charge >= 0.3 is 5.69 Å². The van der Waals surface area contributed by atoms with Gasteiger partial charge in [-0.25, -0.2) is 4.98 Å². The van der Waals surface area contributed by atoms with Crippen LogP contribution in [-0.4, -0.2) is 19.9 Å². The molecule has 98 valence electrons. The van der Waals surface area contributed by atoms with E-state index < -0.39 is 4.92 Å². The van der Waals surface area contributed by atoms with Gasteiger partial charge in [0.25, 0.3) is 0 Å². The highest BCUT2D eigenvalue weighted by atomic mass is 16.6. The Balaban J connectivity index is 2.29. The van der Waals surface area contributed by atoms with Gasteiger partial charge in [0.05, 0.1) is 22.9 Å². The fraction of sp³-hybridized carbons (Fsp3) is 0.250. The van der Waals surface area contributed by atoms with Crippen molar-refractivity contribution >= 4 is 11.5 Å². The summed E-state index contributed by atoms with van der Waals surface area (Å²) >= 11 is 0. The summed E-state index contributed by atoms with van der Waals surface area (Å²) in [6, 6.07) is 1.39. The van der Waals surface area contributed by atoms with Crippen LogP contribution in [0.1, 0.15) is 24.2 Å². The fourth-order valence-electron chi connectivity index (χ4n) is 1.70. The first-order valence-electron chi connectivity index (χ1n) is 5.72. The van der Waals surface area contributed by atoms with Crippen LogP contribution in [-0.2, 0) is 0 Å². The normalized spacial score (nSPS) is 11.9. The first-order valence-corrected chi connectivity index (χ1v) is 5.72. The standard InChI is InChI=1S/C12H13N5O2/c1-8-3-4-15-12(11(8)17(18)19)16-9(2)10-7-13-5-6-14-10/h3-7,9H,1-2H3,(H,15,16)/t9-/m0/s1. The Kier molecular flexibility index (Phi) is 3.65. The highest BCUT2D eigenvalue weighted by molar-refractivity contribution is 5.60. The van der Waals surface area contributed by atoms with Crippen molar-refractivity contribution in [2.75, 3.05) is 5.32 Å². The molecule has 0 spiro atoms. The molecule has 0 unspecified atom stereocenters. The van der Waals surface area contributed by atoms with Crippen molar-refractivity contribution in [1.82, 2.24) is 15.0 Å². The smallest absolute Gasteiger partial charge is 0.314 e. The molecule has 0 aliphatic rings. The zero-order chi connectivity index (χ0) is 13.8. The number of aromatic nitrogens is 3. The average molecular weight is 259 g/mol. The van der Waals surface area contributed by atoms with Crippen molar-refractivity contribution in [3.63, 3.8) is 0 Å². The lowest BCUT2D eigenvalue weighted by molar-refractivity contribution is -0.384. The molecule has 0 aromatic carbocycles. The van der Waals surface area contributed by atoms with Gasteiger partial charge in [-0.1, -0.05) is 0 Å². The summed E-state index contributed by atoms with van der Waals surface area (Å²) in [6.45, 7) is 3.52. The summed E-state index contributed by atoms with van der Waals surface area (Å²) in [5.41, 5.74) is 1.24. The Bertz CT molecular complexity index is 588. The van der Waals surface area contributed by atoms with Gasteiger partial charge in [0.15, 0.2) is 0 Å². The van der Waals surface area contributed by atoms with Crippen molar-refractivity contribution in [3.05, 3.63) is 52.2 Å². The zero-order valence-electron chi connectivity index (χ0n) is 10.6. The second kappa shape index (κ2) is 5.38. The number of nitrogens with zero attached hydrogens (tertiary/aromatic N) is 4. The number of hydrogen-bond donors (Lipinski definition) is 1. The fourth-order valence-corrected chi connectivity index (χ4v) is 1.70. The van der Waals surface area contributed by atoms with Gasteiger partial charge in [0.2, 0.25) is 5.82 Å². The number of anilines is 1. The van der Waals surface area contributed by atoms with E-state index in [0.717, 1.165) is 0 Å². The van der Waals surface area contributed by atoms with Crippen LogP contribution < -0.4 is 5.32 Å². The van der Waals surface area contributed by atoms with Gasteiger partial charge in [-0.15, -0.1) is 0 Å². The Morgan fingerprint density at radius 1 is 1.32 bits per heavy atom. The molecule has 1 N–H and O–H groups in total. The minimum Gasteiger partial charge on any atom is -0.356 e. The molecule has 7 nitrogen and oxygen atoms in total. The Morgan fingerprint density at radius 3 is 2.74 bits per heavy atom. The summed E-state index contributed by atoms with van der Waals surface area (Å²) in [5.74, 6) is 0.239. The predicted molar refractivity (Wildman–Crippen MR) is 69.7 cm³/mol. The first kappa shape index (κ1) is 12.9. The number of nitrogens with one attached hydrogen (secondary N) is 1. The van der Waals surface area contributed by atoms with Gasteiger partial charge in [-0.05, 0) is 19.9 Å². The summed E-state index contributed by atoms with van der Waals surface area (Å²) < 4.78 is 0. The maximum atomic E-state index is 11.1. The maximum Gasteiger partial charge on any atom is 0.314 e. The van der Waals surface area contributed by atoms with E-state index in [-0.39, 0.29) is 17.5 Å². The first-order chi connectivity index (χ1) is 9.09. The van der Waals surface area contributed by atoms with Crippen LogP contribution in [0.15, 0.2) is 30.9 Å². The molecule has 2 rings (SSSR count). The van der Waals surface area contributed by atoms with Gasteiger partial charge in [-0.2, -0.15) is 0 Å². The lowest BCUT2D eigenvalue weighted by Gasteiger charge is -2.13. The molecular formula is C12H13N5O2. The van der Waals surface area contributed by atoms with Crippen LogP contribution >= 0.6 is 0 Å². The molecule has 7 heteroatoms. The van der Waals surface area contributed by atoms with E-state index >= 15 is 0 Å². The van der Waals surface area contributed by atoms with E-state index in [4.69, 9.17) is 0 Å². The second-order valence-corrected chi connectivity index (χ2v) is 4.08. The number of pyridine rings is 1. The predicted octanol–water partition coefficient (Wildman–Crippen LogP) is 2.26. The SMILES string of the molecule is Cc1ccnc(N[C@@H](C)c2cnccn2)c1[N+](=O)[O-]. The Hall–Kier alpha value is -2.57. The van der Waals surface area contributed by atoms with E-state index in [1.807, 2.05) is 6.92 Å². The van der Waals surface area contributed by atoms with Gasteiger partial charge < -0.3 is 5.32 Å². The summed E-state index contributed by atoms with van der Waals surface area (Å²) in [7, 11) is 0. The van der Waals surface area contributed by atoms with E-state index in [0.29, 0.717) is 11.3 Å². The summed E-state index contributed by atoms with van der Waals surface area (Å²) in [4.78, 5) is 22.8. The number of aryl methyl sites for hydroxylation is 1. The monoisotopic (exact) mass is 259 g/mol. The van der Waals surface area contributed by atoms with Crippen molar-refractivity contribution < 1.29 is 4.92 Å². The van der Waals surface area contributed by atoms with Crippen LogP contribution in [0.25, 0.3) is 0 Å². The van der Waals surface area contributed by atoms with Gasteiger partial charge in [0.1, 0.15) is 0 Å². The highest BCUT2D eigenvalue weighted by Gasteiger charge is 2.20. The topological polar surface area (TPSA) is 93.8 Å². The van der Waals surface area contributed by atoms with E-state index in [9.17, 15) is 10.1 Å². The Labute approximate surface area is 109 Å². The third kappa shape index (κ3) is 2.82. The quantitative estimate of drug-likeness (QED) is 0.668. The Morgan fingerprint density at radius 2 is 2.11 bits per heavy atom. The summed E-state index contributed by atoms with van der Waals surface area (Å²) in [6.07, 6.45) is 6.29. The van der Waals surface area contributed by atoms with E-state index in [1.165, 1.54) is 6.20 Å². The molecule has 0 bridgehead atoms. The molecule has 0 saturated carbocycles. The van der Waals surface area contributed by atoms with E-state index in [2.05, 4.69) is 20.3 Å². The molecule has 0 fully saturated rings. The number of rotatable bonds is 4. The molecule has 1 atom stereocenters. The van der Waals surface area contributed by atoms with Crippen molar-refractivity contribution in [1.29, 1.82) is 0 Å². The minimum atomic E-state index is -0.436. The van der Waals surface area contributed by atoms with E-state index in [1.54, 1.807) is 31.6 Å². The molecule has 0 aliphatic carbocycles. The molecule has 19 heavy (non-hydrogen) atoms. The number of nitro groups is 1. The molecule has 2 heterocycles. The molecule has 0 aliphatic heterocycles. The second-order valence-electron chi connectivity index (χ2n) is 4.08. The van der Waals surface area contributed by atoms with Crippen LogP contribution in [0, 0.1) is 17.0 Å². The van der Waals surface area contributed by atoms with Crippen LogP contribution in [0.2, 0.25) is 0 Å². The van der Waals surface area contributed by atoms with Crippen molar-refractivity contribution in [3.8, 4) is 0 Å². The van der Waals surface area contributed by atoms with Gasteiger partial charge in [0, 0.05) is 24.2 Å². The largest absolute Gasteiger partial charge is 0.356 e. The molecule has 0 saturated heterocycles. The molecular weight excluding hydrogens is 246 g/mol. The number of hydrogen-bond acceptors (Lipinski definition) is 6. The lowest BCUT2D eigenvalue weighted by atomic mass is 10.2. The zero-order valence-corrected chi connectivity index (χ0v) is 10.6. The maximum absolute atomic E-state index is 11.1. The highest BCUT2D eigenvalue weighted by Crippen LogP contribution is 2.28. The third-order valence-electron chi connectivity index (χ3n) is 2.69. The van der Waals surface area contributed by atoms with Crippen molar-refractivity contribution in [2.24, 2.45) is 0 Å². The molecule has 0 radical (unpaired) electrons. The average Bonchev–Trinajstić information content (AvgIpc) is 2.39. The molecule has 2 aromatic heterocycles. The van der Waals surface area contributed by atoms with Crippen LogP contribution in [0.3, 0.4) is 0 Å². The minimum absolute atomic E-state index is 0.0155.